The third-order valence-electron chi connectivity index (χ3n) is 5.07. The molecule has 1 fully saturated rings. The van der Waals surface area contributed by atoms with Crippen molar-refractivity contribution in [3.63, 3.8) is 0 Å². The molecule has 3 rings (SSSR count). The van der Waals surface area contributed by atoms with Crippen LogP contribution in [0.2, 0.25) is 0 Å². The van der Waals surface area contributed by atoms with E-state index in [-0.39, 0.29) is 12.3 Å². The smallest absolute Gasteiger partial charge is 0.228 e. The Morgan fingerprint density at radius 3 is 2.45 bits per heavy atom. The normalized spacial score (nSPS) is 17.8. The Morgan fingerprint density at radius 2 is 1.76 bits per heavy atom. The van der Waals surface area contributed by atoms with Crippen molar-refractivity contribution in [2.75, 3.05) is 24.2 Å². The third kappa shape index (κ3) is 5.61. The van der Waals surface area contributed by atoms with Crippen molar-refractivity contribution in [3.8, 4) is 0 Å². The van der Waals surface area contributed by atoms with Crippen molar-refractivity contribution in [2.24, 2.45) is 5.92 Å². The lowest BCUT2D eigenvalue weighted by Gasteiger charge is -2.31. The van der Waals surface area contributed by atoms with E-state index < -0.39 is 39.2 Å². The summed E-state index contributed by atoms with van der Waals surface area (Å²) in [6.45, 7) is 0.376. The number of sulfonamides is 1. The van der Waals surface area contributed by atoms with Crippen LogP contribution in [0.3, 0.4) is 0 Å². The van der Waals surface area contributed by atoms with Gasteiger partial charge in [-0.3, -0.25) is 4.79 Å². The predicted molar refractivity (Wildman–Crippen MR) is 108 cm³/mol. The van der Waals surface area contributed by atoms with Gasteiger partial charge in [-0.05, 0) is 43.4 Å². The number of carbonyl (C=O) groups excluding carboxylic acids is 1. The number of halogens is 2. The molecule has 5 nitrogen and oxygen atoms in total. The predicted octanol–water partition coefficient (Wildman–Crippen LogP) is 3.58. The van der Waals surface area contributed by atoms with Crippen molar-refractivity contribution in [1.82, 2.24) is 4.31 Å². The second-order valence-corrected chi connectivity index (χ2v) is 9.28. The van der Waals surface area contributed by atoms with Crippen LogP contribution in [0.15, 0.2) is 48.5 Å². The first kappa shape index (κ1) is 21.4. The highest BCUT2D eigenvalue weighted by molar-refractivity contribution is 7.89. The lowest BCUT2D eigenvalue weighted by molar-refractivity contribution is -0.120. The van der Waals surface area contributed by atoms with E-state index in [1.807, 2.05) is 30.3 Å². The van der Waals surface area contributed by atoms with E-state index in [1.54, 1.807) is 0 Å². The summed E-state index contributed by atoms with van der Waals surface area (Å²) >= 11 is 0. The van der Waals surface area contributed by atoms with E-state index in [0.717, 1.165) is 17.7 Å². The van der Waals surface area contributed by atoms with Crippen molar-refractivity contribution in [2.45, 2.75) is 25.7 Å². The van der Waals surface area contributed by atoms with Gasteiger partial charge in [0.25, 0.3) is 0 Å². The van der Waals surface area contributed by atoms with Crippen LogP contribution in [0.25, 0.3) is 0 Å². The van der Waals surface area contributed by atoms with Crippen LogP contribution >= 0.6 is 0 Å². The SMILES string of the molecule is O=C(Nc1c(F)cccc1F)[C@H]1CCCN(S(=O)(=O)CCCc2ccccc2)C1. The van der Waals surface area contributed by atoms with Crippen molar-refractivity contribution >= 4 is 21.6 Å². The molecular weight excluding hydrogens is 398 g/mol. The number of carbonyl (C=O) groups is 1. The molecule has 1 saturated heterocycles. The molecule has 0 radical (unpaired) electrons. The van der Waals surface area contributed by atoms with Gasteiger partial charge in [-0.15, -0.1) is 0 Å². The van der Waals surface area contributed by atoms with Gasteiger partial charge >= 0.3 is 0 Å². The summed E-state index contributed by atoms with van der Waals surface area (Å²) in [4.78, 5) is 12.5. The Hall–Kier alpha value is -2.32. The second-order valence-electron chi connectivity index (χ2n) is 7.19. The van der Waals surface area contributed by atoms with Crippen LogP contribution in [-0.4, -0.2) is 37.5 Å². The lowest BCUT2D eigenvalue weighted by atomic mass is 9.98. The fraction of sp³-hybridized carbons (Fsp3) is 0.381. The molecule has 1 N–H and O–H groups in total. The van der Waals surface area contributed by atoms with Gasteiger partial charge in [0.15, 0.2) is 0 Å². The van der Waals surface area contributed by atoms with Gasteiger partial charge < -0.3 is 5.32 Å². The molecule has 2 aromatic carbocycles. The minimum atomic E-state index is -3.50. The molecule has 1 aliphatic rings. The first-order valence-corrected chi connectivity index (χ1v) is 11.2. The average Bonchev–Trinajstić information content (AvgIpc) is 2.71. The third-order valence-corrected chi connectivity index (χ3v) is 6.99. The number of benzene rings is 2. The molecule has 0 bridgehead atoms. The summed E-state index contributed by atoms with van der Waals surface area (Å²) in [6.07, 6.45) is 2.14. The topological polar surface area (TPSA) is 66.5 Å². The summed E-state index contributed by atoms with van der Waals surface area (Å²) in [7, 11) is -3.50. The number of nitrogens with zero attached hydrogens (tertiary/aromatic N) is 1. The zero-order valence-corrected chi connectivity index (χ0v) is 16.8. The summed E-state index contributed by atoms with van der Waals surface area (Å²) in [6, 6.07) is 13.0. The van der Waals surface area contributed by atoms with Crippen LogP contribution in [0.5, 0.6) is 0 Å². The Bertz CT molecular complexity index is 931. The van der Waals surface area contributed by atoms with Gasteiger partial charge in [0.1, 0.15) is 17.3 Å². The number of para-hydroxylation sites is 1. The van der Waals surface area contributed by atoms with E-state index in [1.165, 1.54) is 10.4 Å². The van der Waals surface area contributed by atoms with Crippen molar-refractivity contribution < 1.29 is 22.0 Å². The number of hydrogen-bond donors (Lipinski definition) is 1. The van der Waals surface area contributed by atoms with E-state index in [4.69, 9.17) is 0 Å². The molecule has 0 saturated carbocycles. The highest BCUT2D eigenvalue weighted by Crippen LogP contribution is 2.24. The van der Waals surface area contributed by atoms with Crippen LogP contribution in [0, 0.1) is 17.6 Å². The van der Waals surface area contributed by atoms with E-state index in [2.05, 4.69) is 5.32 Å². The Balaban J connectivity index is 1.58. The van der Waals surface area contributed by atoms with Gasteiger partial charge in [0.2, 0.25) is 15.9 Å². The number of anilines is 1. The number of nitrogens with one attached hydrogen (secondary N) is 1. The first-order chi connectivity index (χ1) is 13.9. The number of piperidine rings is 1. The van der Waals surface area contributed by atoms with Crippen LogP contribution in [0.4, 0.5) is 14.5 Å². The van der Waals surface area contributed by atoms with Crippen molar-refractivity contribution in [1.29, 1.82) is 0 Å². The first-order valence-electron chi connectivity index (χ1n) is 9.63. The van der Waals surface area contributed by atoms with Gasteiger partial charge in [-0.25, -0.2) is 21.5 Å². The molecule has 0 aromatic heterocycles. The largest absolute Gasteiger partial charge is 0.321 e. The molecule has 29 heavy (non-hydrogen) atoms. The number of aryl methyl sites for hydroxylation is 1. The quantitative estimate of drug-likeness (QED) is 0.742. The van der Waals surface area contributed by atoms with Crippen LogP contribution in [-0.2, 0) is 21.2 Å². The molecule has 0 aliphatic carbocycles. The Labute approximate surface area is 169 Å². The average molecular weight is 422 g/mol. The zero-order valence-electron chi connectivity index (χ0n) is 16.0. The maximum absolute atomic E-state index is 13.8. The van der Waals surface area contributed by atoms with Gasteiger partial charge in [-0.1, -0.05) is 36.4 Å². The molecule has 1 heterocycles. The molecule has 2 aromatic rings. The minimum Gasteiger partial charge on any atom is -0.321 e. The summed E-state index contributed by atoms with van der Waals surface area (Å²) in [5.74, 6) is -2.94. The van der Waals surface area contributed by atoms with E-state index >= 15 is 0 Å². The lowest BCUT2D eigenvalue weighted by Crippen LogP contribution is -2.44. The van der Waals surface area contributed by atoms with Crippen LogP contribution < -0.4 is 5.32 Å². The molecule has 0 spiro atoms. The van der Waals surface area contributed by atoms with Gasteiger partial charge in [0, 0.05) is 13.1 Å². The Kier molecular flexibility index (Phi) is 6.97. The van der Waals surface area contributed by atoms with E-state index in [9.17, 15) is 22.0 Å². The second kappa shape index (κ2) is 9.45. The molecule has 8 heteroatoms. The standard InChI is InChI=1S/C21H24F2N2O3S/c22-18-11-4-12-19(23)20(18)24-21(26)17-10-5-13-25(15-17)29(27,28)14-6-9-16-7-2-1-3-8-16/h1-4,7-8,11-12,17H,5-6,9-10,13-15H2,(H,24,26)/t17-/m0/s1. The molecular formula is C21H24F2N2O3S. The monoisotopic (exact) mass is 422 g/mol. The maximum Gasteiger partial charge on any atom is 0.228 e. The summed E-state index contributed by atoms with van der Waals surface area (Å²) in [5.41, 5.74) is 0.575. The molecule has 1 atom stereocenters. The number of amides is 1. The summed E-state index contributed by atoms with van der Waals surface area (Å²) in [5, 5.41) is 2.27. The van der Waals surface area contributed by atoms with Gasteiger partial charge in [0.05, 0.1) is 11.7 Å². The number of rotatable bonds is 7. The van der Waals surface area contributed by atoms with Crippen molar-refractivity contribution in [3.05, 3.63) is 65.7 Å². The highest BCUT2D eigenvalue weighted by Gasteiger charge is 2.32. The minimum absolute atomic E-state index is 0.00181. The maximum atomic E-state index is 13.8. The Morgan fingerprint density at radius 1 is 1.07 bits per heavy atom. The number of hydrogen-bond acceptors (Lipinski definition) is 3. The molecule has 1 aliphatic heterocycles. The van der Waals surface area contributed by atoms with Crippen LogP contribution in [0.1, 0.15) is 24.8 Å². The highest BCUT2D eigenvalue weighted by atomic mass is 32.2. The van der Waals surface area contributed by atoms with Gasteiger partial charge in [-0.2, -0.15) is 0 Å². The molecule has 1 amide bonds. The molecule has 0 unspecified atom stereocenters. The fourth-order valence-corrected chi connectivity index (χ4v) is 5.07. The van der Waals surface area contributed by atoms with E-state index in [0.29, 0.717) is 32.2 Å². The summed E-state index contributed by atoms with van der Waals surface area (Å²) < 4.78 is 54.2. The fourth-order valence-electron chi connectivity index (χ4n) is 3.48. The molecule has 156 valence electrons. The zero-order chi connectivity index (χ0) is 20.9.